The minimum Gasteiger partial charge on any atom is -0.383 e. The van der Waals surface area contributed by atoms with Gasteiger partial charge >= 0.3 is 0 Å². The van der Waals surface area contributed by atoms with Crippen LogP contribution in [-0.4, -0.2) is 34.3 Å². The quantitative estimate of drug-likeness (QED) is 0.486. The van der Waals surface area contributed by atoms with E-state index in [-0.39, 0.29) is 11.8 Å². The van der Waals surface area contributed by atoms with Crippen LogP contribution < -0.4 is 0 Å². The molecule has 0 radical (unpaired) electrons. The van der Waals surface area contributed by atoms with E-state index in [2.05, 4.69) is 39.3 Å². The number of hydrogen-bond acceptors (Lipinski definition) is 3. The number of hydrogen-bond donors (Lipinski definition) is 0. The Morgan fingerprint density at radius 1 is 1.45 bits per heavy atom. The molecule has 5 heteroatoms. The predicted molar refractivity (Wildman–Crippen MR) is 85.0 cm³/mol. The van der Waals surface area contributed by atoms with E-state index >= 15 is 0 Å². The van der Waals surface area contributed by atoms with Crippen molar-refractivity contribution in [1.82, 2.24) is 14.5 Å². The minimum atomic E-state index is 0.00111. The highest BCUT2D eigenvalue weighted by Gasteiger charge is 2.15. The minimum absolute atomic E-state index is 0.00111. The van der Waals surface area contributed by atoms with Crippen LogP contribution in [0.4, 0.5) is 0 Å². The Morgan fingerprint density at radius 2 is 2.15 bits per heavy atom. The second-order valence-corrected chi connectivity index (χ2v) is 6.02. The average molecular weight is 336 g/mol. The molecule has 2 heterocycles. The second kappa shape index (κ2) is 5.79. The number of pyridine rings is 1. The predicted octanol–water partition coefficient (Wildman–Crippen LogP) is 3.64. The van der Waals surface area contributed by atoms with Gasteiger partial charge in [-0.3, -0.25) is 4.79 Å². The number of carbonyl (C=O) groups is 1. The lowest BCUT2D eigenvalue weighted by Crippen LogP contribution is -2.03. The van der Waals surface area contributed by atoms with Crippen LogP contribution in [0.25, 0.3) is 10.9 Å². The Bertz CT molecular complexity index is 671. The van der Waals surface area contributed by atoms with E-state index in [1.54, 1.807) is 18.5 Å². The van der Waals surface area contributed by atoms with Gasteiger partial charge in [0.2, 0.25) is 0 Å². The molecule has 2 aromatic rings. The zero-order valence-corrected chi connectivity index (χ0v) is 13.7. The standard InChI is InChI=1S/C15H18BrN3O/c1-10(2)19-9-12(14(20)5-6-18(3)4)11-7-15(16)17-8-13(11)19/h5-10H,1-4H3. The number of allylic oxidation sites excluding steroid dienone is 1. The molecule has 2 aromatic heterocycles. The Balaban J connectivity index is 2.58. The molecule has 0 amide bonds. The third-order valence-corrected chi connectivity index (χ3v) is 3.47. The van der Waals surface area contributed by atoms with Gasteiger partial charge in [0.05, 0.1) is 11.7 Å². The zero-order valence-electron chi connectivity index (χ0n) is 12.1. The molecule has 0 unspecified atom stereocenters. The van der Waals surface area contributed by atoms with Crippen molar-refractivity contribution in [2.24, 2.45) is 0 Å². The maximum atomic E-state index is 12.3. The molecule has 2 rings (SSSR count). The van der Waals surface area contributed by atoms with Gasteiger partial charge in [-0.15, -0.1) is 0 Å². The maximum Gasteiger partial charge on any atom is 0.189 e. The van der Waals surface area contributed by atoms with Gasteiger partial charge in [-0.1, -0.05) is 0 Å². The summed E-state index contributed by atoms with van der Waals surface area (Å²) in [7, 11) is 3.78. The normalized spacial score (nSPS) is 11.7. The highest BCUT2D eigenvalue weighted by molar-refractivity contribution is 9.10. The molecule has 0 fully saturated rings. The van der Waals surface area contributed by atoms with Crippen molar-refractivity contribution in [2.75, 3.05) is 14.1 Å². The third-order valence-electron chi connectivity index (χ3n) is 3.03. The van der Waals surface area contributed by atoms with Crippen molar-refractivity contribution < 1.29 is 4.79 Å². The van der Waals surface area contributed by atoms with Gasteiger partial charge in [-0.25, -0.2) is 4.98 Å². The number of rotatable bonds is 4. The molecule has 0 aliphatic carbocycles. The smallest absolute Gasteiger partial charge is 0.189 e. The molecule has 0 saturated heterocycles. The van der Waals surface area contributed by atoms with Gasteiger partial charge in [-0.05, 0) is 35.8 Å². The molecule has 0 aliphatic heterocycles. The van der Waals surface area contributed by atoms with Crippen molar-refractivity contribution in [3.05, 3.63) is 40.9 Å². The van der Waals surface area contributed by atoms with E-state index < -0.39 is 0 Å². The molecule has 0 bridgehead atoms. The van der Waals surface area contributed by atoms with E-state index in [9.17, 15) is 4.79 Å². The molecule has 0 N–H and O–H groups in total. The van der Waals surface area contributed by atoms with Crippen molar-refractivity contribution in [1.29, 1.82) is 0 Å². The number of ketones is 1. The molecule has 20 heavy (non-hydrogen) atoms. The molecule has 0 spiro atoms. The zero-order chi connectivity index (χ0) is 14.9. The number of carbonyl (C=O) groups excluding carboxylic acids is 1. The first-order chi connectivity index (χ1) is 9.40. The highest BCUT2D eigenvalue weighted by atomic mass is 79.9. The lowest BCUT2D eigenvalue weighted by Gasteiger charge is -2.08. The van der Waals surface area contributed by atoms with Crippen LogP contribution in [0.2, 0.25) is 0 Å². The van der Waals surface area contributed by atoms with Crippen LogP contribution >= 0.6 is 15.9 Å². The summed E-state index contributed by atoms with van der Waals surface area (Å²) in [6.45, 7) is 4.18. The monoisotopic (exact) mass is 335 g/mol. The summed E-state index contributed by atoms with van der Waals surface area (Å²) in [5.74, 6) is 0.00111. The molecule has 106 valence electrons. The third kappa shape index (κ3) is 2.93. The first kappa shape index (κ1) is 14.8. The van der Waals surface area contributed by atoms with Crippen molar-refractivity contribution >= 4 is 32.6 Å². The van der Waals surface area contributed by atoms with Gasteiger partial charge in [0.1, 0.15) is 4.60 Å². The molecule has 0 saturated carbocycles. The maximum absolute atomic E-state index is 12.3. The summed E-state index contributed by atoms with van der Waals surface area (Å²) in [4.78, 5) is 18.4. The lowest BCUT2D eigenvalue weighted by atomic mass is 10.1. The van der Waals surface area contributed by atoms with E-state index in [1.807, 2.05) is 31.3 Å². The van der Waals surface area contributed by atoms with Crippen LogP contribution in [-0.2, 0) is 0 Å². The summed E-state index contributed by atoms with van der Waals surface area (Å²) in [5.41, 5.74) is 1.68. The van der Waals surface area contributed by atoms with Crippen molar-refractivity contribution in [3.63, 3.8) is 0 Å². The highest BCUT2D eigenvalue weighted by Crippen LogP contribution is 2.26. The number of halogens is 1. The van der Waals surface area contributed by atoms with E-state index in [1.165, 1.54) is 0 Å². The van der Waals surface area contributed by atoms with Crippen LogP contribution in [0.1, 0.15) is 30.2 Å². The van der Waals surface area contributed by atoms with Gasteiger partial charge < -0.3 is 9.47 Å². The number of fused-ring (bicyclic) bond motifs is 1. The Hall–Kier alpha value is -1.62. The Labute approximate surface area is 127 Å². The summed E-state index contributed by atoms with van der Waals surface area (Å²) in [5, 5.41) is 0.925. The van der Waals surface area contributed by atoms with E-state index in [0.717, 1.165) is 15.5 Å². The molecule has 0 aromatic carbocycles. The second-order valence-electron chi connectivity index (χ2n) is 5.21. The summed E-state index contributed by atoms with van der Waals surface area (Å²) in [6.07, 6.45) is 7.06. The van der Waals surface area contributed by atoms with Crippen LogP contribution in [0, 0.1) is 0 Å². The molecular weight excluding hydrogens is 318 g/mol. The van der Waals surface area contributed by atoms with Crippen molar-refractivity contribution in [3.8, 4) is 0 Å². The fourth-order valence-corrected chi connectivity index (χ4v) is 2.38. The fraction of sp³-hybridized carbons (Fsp3) is 0.333. The molecule has 4 nitrogen and oxygen atoms in total. The van der Waals surface area contributed by atoms with E-state index in [4.69, 9.17) is 0 Å². The first-order valence-electron chi connectivity index (χ1n) is 6.45. The summed E-state index contributed by atoms with van der Waals surface area (Å²) in [6, 6.07) is 2.17. The number of nitrogens with zero attached hydrogens (tertiary/aromatic N) is 3. The lowest BCUT2D eigenvalue weighted by molar-refractivity contribution is 0.104. The summed E-state index contributed by atoms with van der Waals surface area (Å²) < 4.78 is 2.81. The van der Waals surface area contributed by atoms with Gasteiger partial charge in [0.15, 0.2) is 5.78 Å². The molecular formula is C15H18BrN3O. The Morgan fingerprint density at radius 3 is 2.75 bits per heavy atom. The van der Waals surface area contributed by atoms with Gasteiger partial charge in [-0.2, -0.15) is 0 Å². The van der Waals surface area contributed by atoms with Crippen LogP contribution in [0.5, 0.6) is 0 Å². The Kier molecular flexibility index (Phi) is 4.28. The van der Waals surface area contributed by atoms with Crippen LogP contribution in [0.15, 0.2) is 35.3 Å². The number of aromatic nitrogens is 2. The fourth-order valence-electron chi connectivity index (χ4n) is 2.05. The SMILES string of the molecule is CC(C)n1cc(C(=O)C=CN(C)C)c2cc(Br)ncc21. The summed E-state index contributed by atoms with van der Waals surface area (Å²) >= 11 is 3.37. The topological polar surface area (TPSA) is 38.1 Å². The van der Waals surface area contributed by atoms with Gasteiger partial charge in [0.25, 0.3) is 0 Å². The van der Waals surface area contributed by atoms with E-state index in [0.29, 0.717) is 5.56 Å². The van der Waals surface area contributed by atoms with Gasteiger partial charge in [0, 0.05) is 49.6 Å². The molecule has 0 aliphatic rings. The largest absolute Gasteiger partial charge is 0.383 e. The first-order valence-corrected chi connectivity index (χ1v) is 7.24. The van der Waals surface area contributed by atoms with Crippen molar-refractivity contribution in [2.45, 2.75) is 19.9 Å². The average Bonchev–Trinajstić information content (AvgIpc) is 2.74. The van der Waals surface area contributed by atoms with Crippen LogP contribution in [0.3, 0.4) is 0 Å². The molecule has 0 atom stereocenters.